The molecule has 0 aliphatic carbocycles. The summed E-state index contributed by atoms with van der Waals surface area (Å²) in [6.45, 7) is 4.18. The van der Waals surface area contributed by atoms with Crippen molar-refractivity contribution >= 4 is 10.8 Å². The maximum absolute atomic E-state index is 4.30. The third-order valence-electron chi connectivity index (χ3n) is 4.90. The number of hydrogen-bond acceptors (Lipinski definition) is 3. The van der Waals surface area contributed by atoms with Crippen molar-refractivity contribution in [2.45, 2.75) is 19.0 Å². The normalized spacial score (nSPS) is 19.0. The molecule has 2 heterocycles. The molecule has 1 fully saturated rings. The molecule has 0 radical (unpaired) electrons. The van der Waals surface area contributed by atoms with Crippen LogP contribution < -0.4 is 5.32 Å². The van der Waals surface area contributed by atoms with E-state index in [0.717, 1.165) is 32.6 Å². The number of aryl methyl sites for hydroxylation is 1. The largest absolute Gasteiger partial charge is 0.314 e. The first kappa shape index (κ1) is 15.4. The van der Waals surface area contributed by atoms with Gasteiger partial charge < -0.3 is 5.32 Å². The molecule has 0 spiro atoms. The average molecular weight is 320 g/mol. The van der Waals surface area contributed by atoms with Crippen LogP contribution in [0.1, 0.15) is 11.1 Å². The summed E-state index contributed by atoms with van der Waals surface area (Å²) in [6.07, 6.45) is 5.18. The van der Waals surface area contributed by atoms with Crippen LogP contribution in [0.2, 0.25) is 0 Å². The van der Waals surface area contributed by atoms with E-state index in [9.17, 15) is 0 Å². The SMILES string of the molecule is Cn1cc(CN2CCNCC2Cc2ccc3ccccc3c2)cn1. The van der Waals surface area contributed by atoms with Crippen molar-refractivity contribution in [3.05, 3.63) is 66.0 Å². The monoisotopic (exact) mass is 320 g/mol. The molecule has 4 heteroatoms. The Hall–Kier alpha value is -2.17. The van der Waals surface area contributed by atoms with Crippen molar-refractivity contribution in [2.24, 2.45) is 7.05 Å². The standard InChI is InChI=1S/C20H24N4/c1-23-14-17(12-22-23)15-24-9-8-21-13-20(24)11-16-6-7-18-4-2-3-5-19(18)10-16/h2-7,10,12,14,20-21H,8-9,11,13,15H2,1H3. The molecule has 0 bridgehead atoms. The van der Waals surface area contributed by atoms with Crippen LogP contribution in [0, 0.1) is 0 Å². The molecule has 1 aliphatic heterocycles. The van der Waals surface area contributed by atoms with E-state index < -0.39 is 0 Å². The fourth-order valence-corrected chi connectivity index (χ4v) is 3.64. The zero-order valence-corrected chi connectivity index (χ0v) is 14.2. The summed E-state index contributed by atoms with van der Waals surface area (Å²) in [5.74, 6) is 0. The molecule has 1 N–H and O–H groups in total. The van der Waals surface area contributed by atoms with E-state index in [4.69, 9.17) is 0 Å². The molecule has 124 valence electrons. The Balaban J connectivity index is 1.51. The van der Waals surface area contributed by atoms with Crippen molar-refractivity contribution in [3.63, 3.8) is 0 Å². The van der Waals surface area contributed by atoms with Gasteiger partial charge in [-0.05, 0) is 22.8 Å². The Morgan fingerprint density at radius 3 is 2.83 bits per heavy atom. The van der Waals surface area contributed by atoms with E-state index >= 15 is 0 Å². The van der Waals surface area contributed by atoms with Crippen LogP contribution in [0.4, 0.5) is 0 Å². The molecule has 2 aromatic carbocycles. The Kier molecular flexibility index (Phi) is 4.32. The first-order valence-corrected chi connectivity index (χ1v) is 8.68. The van der Waals surface area contributed by atoms with Gasteiger partial charge in [0.15, 0.2) is 0 Å². The van der Waals surface area contributed by atoms with Crippen molar-refractivity contribution in [3.8, 4) is 0 Å². The topological polar surface area (TPSA) is 33.1 Å². The first-order chi connectivity index (χ1) is 11.8. The molecule has 0 saturated carbocycles. The van der Waals surface area contributed by atoms with Crippen LogP contribution >= 0.6 is 0 Å². The minimum atomic E-state index is 0.528. The zero-order valence-electron chi connectivity index (χ0n) is 14.2. The fourth-order valence-electron chi connectivity index (χ4n) is 3.64. The second-order valence-electron chi connectivity index (χ2n) is 6.74. The highest BCUT2D eigenvalue weighted by Gasteiger charge is 2.22. The molecule has 1 aliphatic rings. The highest BCUT2D eigenvalue weighted by Crippen LogP contribution is 2.19. The maximum atomic E-state index is 4.30. The number of nitrogens with one attached hydrogen (secondary N) is 1. The molecule has 0 amide bonds. The van der Waals surface area contributed by atoms with Gasteiger partial charge in [-0.3, -0.25) is 9.58 Å². The smallest absolute Gasteiger partial charge is 0.0534 e. The van der Waals surface area contributed by atoms with Gasteiger partial charge in [0.05, 0.1) is 6.20 Å². The minimum Gasteiger partial charge on any atom is -0.314 e. The van der Waals surface area contributed by atoms with Crippen molar-refractivity contribution < 1.29 is 0 Å². The molecule has 24 heavy (non-hydrogen) atoms. The highest BCUT2D eigenvalue weighted by atomic mass is 15.3. The van der Waals surface area contributed by atoms with Gasteiger partial charge in [-0.25, -0.2) is 0 Å². The van der Waals surface area contributed by atoms with Gasteiger partial charge in [0.2, 0.25) is 0 Å². The average Bonchev–Trinajstić information content (AvgIpc) is 3.01. The number of piperazine rings is 1. The number of rotatable bonds is 4. The van der Waals surface area contributed by atoms with Crippen LogP contribution in [0.5, 0.6) is 0 Å². The molecule has 4 rings (SSSR count). The fraction of sp³-hybridized carbons (Fsp3) is 0.350. The molecule has 1 atom stereocenters. The Morgan fingerprint density at radius 1 is 1.12 bits per heavy atom. The van der Waals surface area contributed by atoms with Gasteiger partial charge in [0.25, 0.3) is 0 Å². The Morgan fingerprint density at radius 2 is 2.00 bits per heavy atom. The molecule has 1 unspecified atom stereocenters. The van der Waals surface area contributed by atoms with E-state index in [1.165, 1.54) is 21.9 Å². The van der Waals surface area contributed by atoms with Gasteiger partial charge in [-0.1, -0.05) is 42.5 Å². The summed E-state index contributed by atoms with van der Waals surface area (Å²) in [6, 6.07) is 16.0. The van der Waals surface area contributed by atoms with Gasteiger partial charge >= 0.3 is 0 Å². The molecule has 4 nitrogen and oxygen atoms in total. The number of hydrogen-bond donors (Lipinski definition) is 1. The lowest BCUT2D eigenvalue weighted by atomic mass is 9.99. The summed E-state index contributed by atoms with van der Waals surface area (Å²) in [5.41, 5.74) is 2.71. The van der Waals surface area contributed by atoms with Crippen molar-refractivity contribution in [1.82, 2.24) is 20.0 Å². The molecular formula is C20H24N4. The summed E-state index contributed by atoms with van der Waals surface area (Å²) in [4.78, 5) is 2.59. The molecular weight excluding hydrogens is 296 g/mol. The second-order valence-corrected chi connectivity index (χ2v) is 6.74. The summed E-state index contributed by atoms with van der Waals surface area (Å²) >= 11 is 0. The highest BCUT2D eigenvalue weighted by molar-refractivity contribution is 5.83. The molecule has 1 aromatic heterocycles. The number of fused-ring (bicyclic) bond motifs is 1. The van der Waals surface area contributed by atoms with Crippen LogP contribution in [0.25, 0.3) is 10.8 Å². The minimum absolute atomic E-state index is 0.528. The summed E-state index contributed by atoms with van der Waals surface area (Å²) in [7, 11) is 1.98. The molecule has 1 saturated heterocycles. The lowest BCUT2D eigenvalue weighted by molar-refractivity contribution is 0.152. The van der Waals surface area contributed by atoms with Crippen LogP contribution in [-0.2, 0) is 20.0 Å². The zero-order chi connectivity index (χ0) is 16.4. The Bertz CT molecular complexity index is 823. The van der Waals surface area contributed by atoms with Crippen LogP contribution in [-0.4, -0.2) is 40.4 Å². The maximum Gasteiger partial charge on any atom is 0.0534 e. The lowest BCUT2D eigenvalue weighted by Crippen LogP contribution is -2.51. The number of nitrogens with zero attached hydrogens (tertiary/aromatic N) is 3. The predicted molar refractivity (Wildman–Crippen MR) is 97.9 cm³/mol. The van der Waals surface area contributed by atoms with E-state index in [1.54, 1.807) is 0 Å². The van der Waals surface area contributed by atoms with E-state index in [2.05, 4.69) is 64.0 Å². The van der Waals surface area contributed by atoms with Crippen LogP contribution in [0.15, 0.2) is 54.9 Å². The van der Waals surface area contributed by atoms with Crippen molar-refractivity contribution in [2.75, 3.05) is 19.6 Å². The summed E-state index contributed by atoms with van der Waals surface area (Å²) < 4.78 is 1.88. The van der Waals surface area contributed by atoms with Crippen molar-refractivity contribution in [1.29, 1.82) is 0 Å². The van der Waals surface area contributed by atoms with Gasteiger partial charge in [0, 0.05) is 51.0 Å². The predicted octanol–water partition coefficient (Wildman–Crippen LogP) is 2.59. The number of benzene rings is 2. The first-order valence-electron chi connectivity index (χ1n) is 8.68. The number of aromatic nitrogens is 2. The summed E-state index contributed by atoms with van der Waals surface area (Å²) in [5, 5.41) is 10.5. The quantitative estimate of drug-likeness (QED) is 0.802. The van der Waals surface area contributed by atoms with Crippen LogP contribution in [0.3, 0.4) is 0 Å². The lowest BCUT2D eigenvalue weighted by Gasteiger charge is -2.36. The van der Waals surface area contributed by atoms with Gasteiger partial charge in [-0.15, -0.1) is 0 Å². The van der Waals surface area contributed by atoms with E-state index in [0.29, 0.717) is 6.04 Å². The second kappa shape index (κ2) is 6.75. The third-order valence-corrected chi connectivity index (χ3v) is 4.90. The van der Waals surface area contributed by atoms with E-state index in [-0.39, 0.29) is 0 Å². The van der Waals surface area contributed by atoms with Gasteiger partial charge in [-0.2, -0.15) is 5.10 Å². The third kappa shape index (κ3) is 3.35. The molecule has 3 aromatic rings. The Labute approximate surface area is 143 Å². The van der Waals surface area contributed by atoms with E-state index in [1.807, 2.05) is 17.9 Å². The van der Waals surface area contributed by atoms with Gasteiger partial charge in [0.1, 0.15) is 0 Å².